The largest absolute Gasteiger partial charge is 0.349 e. The van der Waals surface area contributed by atoms with Gasteiger partial charge in [0.1, 0.15) is 11.6 Å². The molecule has 25 heavy (non-hydrogen) atoms. The Labute approximate surface area is 154 Å². The van der Waals surface area contributed by atoms with Crippen molar-refractivity contribution in [2.24, 2.45) is 0 Å². The quantitative estimate of drug-likeness (QED) is 0.801. The third kappa shape index (κ3) is 4.88. The molecule has 138 valence electrons. The number of benzene rings is 1. The van der Waals surface area contributed by atoms with E-state index in [1.165, 1.54) is 44.2 Å². The van der Waals surface area contributed by atoms with Crippen molar-refractivity contribution in [3.05, 3.63) is 29.8 Å². The molecule has 2 aliphatic rings. The molecule has 1 aliphatic carbocycles. The van der Waals surface area contributed by atoms with Crippen LogP contribution in [0.4, 0.5) is 14.5 Å². The van der Waals surface area contributed by atoms with E-state index < -0.39 is 11.6 Å². The summed E-state index contributed by atoms with van der Waals surface area (Å²) in [4.78, 5) is 3.80. The maximum Gasteiger partial charge on any atom is 0.173 e. The molecule has 0 amide bonds. The molecule has 1 saturated carbocycles. The minimum absolute atomic E-state index is 0.370. The van der Waals surface area contributed by atoms with Crippen LogP contribution >= 0.6 is 12.2 Å². The highest BCUT2D eigenvalue weighted by molar-refractivity contribution is 7.80. The van der Waals surface area contributed by atoms with Gasteiger partial charge in [0.05, 0.1) is 19.1 Å². The Morgan fingerprint density at radius 2 is 1.56 bits per heavy atom. The molecule has 1 aromatic carbocycles. The maximum atomic E-state index is 13.3. The highest BCUT2D eigenvalue weighted by Crippen LogP contribution is 2.18. The Bertz CT molecular complexity index is 576. The van der Waals surface area contributed by atoms with E-state index in [9.17, 15) is 8.78 Å². The molecule has 2 fully saturated rings. The van der Waals surface area contributed by atoms with Gasteiger partial charge < -0.3 is 15.1 Å². The Hall–Kier alpha value is -1.27. The second-order valence-electron chi connectivity index (χ2n) is 7.43. The molecule has 0 radical (unpaired) electrons. The van der Waals surface area contributed by atoms with Crippen molar-refractivity contribution in [1.82, 2.24) is 4.90 Å². The summed E-state index contributed by atoms with van der Waals surface area (Å²) < 4.78 is 26.6. The Morgan fingerprint density at radius 3 is 2.16 bits per heavy atom. The van der Waals surface area contributed by atoms with Gasteiger partial charge in [0.25, 0.3) is 0 Å². The van der Waals surface area contributed by atoms with Gasteiger partial charge in [0.15, 0.2) is 5.11 Å². The van der Waals surface area contributed by atoms with Gasteiger partial charge >= 0.3 is 0 Å². The van der Waals surface area contributed by atoms with Crippen LogP contribution in [0.25, 0.3) is 0 Å². The molecule has 1 aliphatic heterocycles. The van der Waals surface area contributed by atoms with Crippen molar-refractivity contribution in [3.63, 3.8) is 0 Å². The van der Waals surface area contributed by atoms with Crippen LogP contribution in [-0.2, 0) is 0 Å². The molecule has 1 heterocycles. The molecule has 1 atom stereocenters. The van der Waals surface area contributed by atoms with Crippen LogP contribution in [0.5, 0.6) is 0 Å². The van der Waals surface area contributed by atoms with Gasteiger partial charge in [-0.3, -0.25) is 0 Å². The number of likely N-dealkylation sites (tertiary alicyclic amines) is 1. The van der Waals surface area contributed by atoms with E-state index in [-0.39, 0.29) is 0 Å². The SMILES string of the molecule is C[NH+](C1CCCCC1)C1CCN(C(=S)Nc2cc(F)cc(F)c2)CC1. The molecule has 0 aromatic heterocycles. The van der Waals surface area contributed by atoms with Crippen LogP contribution in [-0.4, -0.2) is 42.2 Å². The topological polar surface area (TPSA) is 19.7 Å². The first-order chi connectivity index (χ1) is 12.0. The second kappa shape index (κ2) is 8.41. The number of piperidine rings is 1. The highest BCUT2D eigenvalue weighted by Gasteiger charge is 2.31. The van der Waals surface area contributed by atoms with Crippen molar-refractivity contribution < 1.29 is 13.7 Å². The molecular weight excluding hydrogens is 340 g/mol. The third-order valence-electron chi connectivity index (χ3n) is 5.79. The van der Waals surface area contributed by atoms with Crippen molar-refractivity contribution in [2.45, 2.75) is 57.0 Å². The summed E-state index contributed by atoms with van der Waals surface area (Å²) in [5.41, 5.74) is 0.370. The van der Waals surface area contributed by atoms with Crippen LogP contribution < -0.4 is 10.2 Å². The molecule has 0 bridgehead atoms. The standard InChI is InChI=1S/C19H27F2N3S/c1-23(17-5-3-2-4-6-17)18-7-9-24(10-8-18)19(25)22-16-12-14(20)11-15(21)13-16/h11-13,17-18H,2-10H2,1H3,(H,22,25)/p+1. The Balaban J connectivity index is 1.50. The van der Waals surface area contributed by atoms with Crippen molar-refractivity contribution in [3.8, 4) is 0 Å². The van der Waals surface area contributed by atoms with E-state index in [1.807, 2.05) is 0 Å². The smallest absolute Gasteiger partial charge is 0.173 e. The summed E-state index contributed by atoms with van der Waals surface area (Å²) in [5.74, 6) is -1.19. The predicted octanol–water partition coefficient (Wildman–Crippen LogP) is 2.97. The van der Waals surface area contributed by atoms with E-state index in [1.54, 1.807) is 4.90 Å². The van der Waals surface area contributed by atoms with Crippen molar-refractivity contribution in [1.29, 1.82) is 0 Å². The molecule has 1 aromatic rings. The molecular formula is C19H28F2N3S+. The zero-order valence-electron chi connectivity index (χ0n) is 14.9. The van der Waals surface area contributed by atoms with Gasteiger partial charge in [0.2, 0.25) is 0 Å². The first-order valence-corrected chi connectivity index (χ1v) is 9.79. The van der Waals surface area contributed by atoms with Gasteiger partial charge in [-0.25, -0.2) is 8.78 Å². The van der Waals surface area contributed by atoms with E-state index in [0.717, 1.165) is 38.0 Å². The number of quaternary nitrogens is 1. The lowest BCUT2D eigenvalue weighted by Gasteiger charge is -2.39. The van der Waals surface area contributed by atoms with Crippen LogP contribution in [0.1, 0.15) is 44.9 Å². The minimum Gasteiger partial charge on any atom is -0.349 e. The van der Waals surface area contributed by atoms with Crippen LogP contribution in [0.15, 0.2) is 18.2 Å². The van der Waals surface area contributed by atoms with Crippen molar-refractivity contribution >= 4 is 23.0 Å². The lowest BCUT2D eigenvalue weighted by molar-refractivity contribution is -0.933. The Kier molecular flexibility index (Phi) is 6.23. The fraction of sp³-hybridized carbons (Fsp3) is 0.632. The number of thiocarbonyl (C=S) groups is 1. The molecule has 3 nitrogen and oxygen atoms in total. The van der Waals surface area contributed by atoms with Crippen molar-refractivity contribution in [2.75, 3.05) is 25.5 Å². The molecule has 1 saturated heterocycles. The number of rotatable bonds is 3. The minimum atomic E-state index is -0.596. The average Bonchev–Trinajstić information content (AvgIpc) is 2.61. The lowest BCUT2D eigenvalue weighted by atomic mass is 9.92. The molecule has 6 heteroatoms. The van der Waals surface area contributed by atoms with E-state index in [0.29, 0.717) is 16.8 Å². The van der Waals surface area contributed by atoms with Gasteiger partial charge in [-0.1, -0.05) is 6.42 Å². The summed E-state index contributed by atoms with van der Waals surface area (Å²) in [6.07, 6.45) is 9.08. The first-order valence-electron chi connectivity index (χ1n) is 9.38. The second-order valence-corrected chi connectivity index (χ2v) is 7.82. The van der Waals surface area contributed by atoms with E-state index in [4.69, 9.17) is 12.2 Å². The number of halogens is 2. The lowest BCUT2D eigenvalue weighted by Crippen LogP contribution is -3.17. The van der Waals surface area contributed by atoms with Crippen LogP contribution in [0.2, 0.25) is 0 Å². The summed E-state index contributed by atoms with van der Waals surface area (Å²) in [6.45, 7) is 1.80. The normalized spacial score (nSPS) is 21.2. The zero-order valence-corrected chi connectivity index (χ0v) is 15.7. The average molecular weight is 369 g/mol. The summed E-state index contributed by atoms with van der Waals surface area (Å²) >= 11 is 5.44. The summed E-state index contributed by atoms with van der Waals surface area (Å²) in [5, 5.41) is 3.53. The van der Waals surface area contributed by atoms with Gasteiger partial charge in [0, 0.05) is 37.7 Å². The number of nitrogens with zero attached hydrogens (tertiary/aromatic N) is 1. The summed E-state index contributed by atoms with van der Waals surface area (Å²) in [6, 6.07) is 4.90. The molecule has 3 rings (SSSR count). The predicted molar refractivity (Wildman–Crippen MR) is 101 cm³/mol. The number of hydrogen-bond acceptors (Lipinski definition) is 1. The molecule has 2 N–H and O–H groups in total. The zero-order chi connectivity index (χ0) is 17.8. The number of nitrogens with one attached hydrogen (secondary N) is 2. The third-order valence-corrected chi connectivity index (χ3v) is 6.15. The van der Waals surface area contributed by atoms with Gasteiger partial charge in [-0.05, 0) is 50.0 Å². The molecule has 1 unspecified atom stereocenters. The first kappa shape index (κ1) is 18.5. The number of anilines is 1. The van der Waals surface area contributed by atoms with E-state index in [2.05, 4.69) is 17.3 Å². The monoisotopic (exact) mass is 368 g/mol. The maximum absolute atomic E-state index is 13.3. The molecule has 0 spiro atoms. The van der Waals surface area contributed by atoms with Gasteiger partial charge in [-0.15, -0.1) is 0 Å². The Morgan fingerprint density at radius 1 is 1.00 bits per heavy atom. The van der Waals surface area contributed by atoms with Gasteiger partial charge in [-0.2, -0.15) is 0 Å². The summed E-state index contributed by atoms with van der Waals surface area (Å²) in [7, 11) is 2.35. The number of hydrogen-bond donors (Lipinski definition) is 2. The van der Waals surface area contributed by atoms with E-state index >= 15 is 0 Å². The fourth-order valence-electron chi connectivity index (χ4n) is 4.26. The fourth-order valence-corrected chi connectivity index (χ4v) is 4.56. The highest BCUT2D eigenvalue weighted by atomic mass is 32.1. The van der Waals surface area contributed by atoms with Crippen LogP contribution in [0.3, 0.4) is 0 Å². The van der Waals surface area contributed by atoms with Crippen LogP contribution in [0, 0.1) is 11.6 Å².